The first-order valence-electron chi connectivity index (χ1n) is 5.48. The molecule has 0 saturated heterocycles. The average molecular weight is 232 g/mol. The Morgan fingerprint density at radius 2 is 2.00 bits per heavy atom. The molecule has 90 valence electrons. The van der Waals surface area contributed by atoms with Crippen LogP contribution in [0.25, 0.3) is 10.9 Å². The van der Waals surface area contributed by atoms with E-state index in [1.807, 2.05) is 24.3 Å². The summed E-state index contributed by atoms with van der Waals surface area (Å²) in [5.74, 6) is 0.582. The van der Waals surface area contributed by atoms with Crippen LogP contribution in [0.3, 0.4) is 0 Å². The van der Waals surface area contributed by atoms with Gasteiger partial charge in [-0.25, -0.2) is 4.98 Å². The Bertz CT molecular complexity index is 526. The number of anilines is 1. The number of fused-ring (bicyclic) bond motifs is 1. The Hall–Kier alpha value is -1.81. The van der Waals surface area contributed by atoms with E-state index in [9.17, 15) is 0 Å². The normalized spacial score (nSPS) is 10.7. The van der Waals surface area contributed by atoms with Crippen molar-refractivity contribution < 1.29 is 9.47 Å². The van der Waals surface area contributed by atoms with Gasteiger partial charge >= 0.3 is 0 Å². The Morgan fingerprint density at radius 3 is 2.71 bits per heavy atom. The predicted molar refractivity (Wildman–Crippen MR) is 68.3 cm³/mol. The number of methoxy groups -OCH3 is 2. The number of ether oxygens (including phenoxy) is 2. The third kappa shape index (κ3) is 2.17. The molecule has 2 N–H and O–H groups in total. The van der Waals surface area contributed by atoms with E-state index >= 15 is 0 Å². The number of para-hydroxylation sites is 1. The largest absolute Gasteiger partial charge is 0.481 e. The molecule has 1 aromatic heterocycles. The minimum Gasteiger partial charge on any atom is -0.481 e. The summed E-state index contributed by atoms with van der Waals surface area (Å²) in [6.07, 6.45) is 0.698. The summed E-state index contributed by atoms with van der Waals surface area (Å²) in [6, 6.07) is 7.78. The van der Waals surface area contributed by atoms with E-state index in [4.69, 9.17) is 15.2 Å². The van der Waals surface area contributed by atoms with Crippen LogP contribution in [0.15, 0.2) is 24.3 Å². The van der Waals surface area contributed by atoms with Crippen LogP contribution in [0, 0.1) is 0 Å². The summed E-state index contributed by atoms with van der Waals surface area (Å²) < 4.78 is 10.4. The molecule has 0 saturated carbocycles. The van der Waals surface area contributed by atoms with Crippen molar-refractivity contribution in [3.63, 3.8) is 0 Å². The number of nitrogen functional groups attached to an aromatic ring is 1. The predicted octanol–water partition coefficient (Wildman–Crippen LogP) is 2.01. The Labute approximate surface area is 100 Å². The number of rotatable bonds is 4. The summed E-state index contributed by atoms with van der Waals surface area (Å²) in [5, 5.41) is 0.958. The molecule has 0 amide bonds. The van der Waals surface area contributed by atoms with Gasteiger partial charge in [-0.1, -0.05) is 18.2 Å². The topological polar surface area (TPSA) is 57.4 Å². The second kappa shape index (κ2) is 5.01. The van der Waals surface area contributed by atoms with E-state index in [1.54, 1.807) is 14.2 Å². The van der Waals surface area contributed by atoms with Gasteiger partial charge in [-0.3, -0.25) is 0 Å². The molecule has 0 unspecified atom stereocenters. The van der Waals surface area contributed by atoms with Crippen LogP contribution < -0.4 is 10.5 Å². The highest BCUT2D eigenvalue weighted by Crippen LogP contribution is 2.30. The highest BCUT2D eigenvalue weighted by atomic mass is 16.5. The van der Waals surface area contributed by atoms with Gasteiger partial charge in [0.15, 0.2) is 0 Å². The number of nitrogens with two attached hydrogens (primary N) is 1. The van der Waals surface area contributed by atoms with Gasteiger partial charge in [-0.05, 0) is 6.07 Å². The molecule has 4 heteroatoms. The van der Waals surface area contributed by atoms with Crippen LogP contribution in [-0.2, 0) is 11.2 Å². The Balaban J connectivity index is 2.59. The third-order valence-corrected chi connectivity index (χ3v) is 2.75. The molecule has 0 radical (unpaired) electrons. The van der Waals surface area contributed by atoms with E-state index in [-0.39, 0.29) is 0 Å². The maximum absolute atomic E-state index is 6.16. The fourth-order valence-corrected chi connectivity index (χ4v) is 1.87. The zero-order valence-corrected chi connectivity index (χ0v) is 10.1. The van der Waals surface area contributed by atoms with Crippen LogP contribution in [0.2, 0.25) is 0 Å². The minimum absolute atomic E-state index is 0.582. The molecule has 2 rings (SSSR count). The van der Waals surface area contributed by atoms with Crippen molar-refractivity contribution >= 4 is 16.6 Å². The lowest BCUT2D eigenvalue weighted by Gasteiger charge is -2.12. The molecular weight excluding hydrogens is 216 g/mol. The zero-order chi connectivity index (χ0) is 12.3. The molecule has 0 fully saturated rings. The van der Waals surface area contributed by atoms with E-state index in [1.165, 1.54) is 0 Å². The Morgan fingerprint density at radius 1 is 1.24 bits per heavy atom. The number of hydrogen-bond acceptors (Lipinski definition) is 4. The second-order valence-corrected chi connectivity index (χ2v) is 3.77. The lowest BCUT2D eigenvalue weighted by atomic mass is 10.1. The monoisotopic (exact) mass is 232 g/mol. The number of hydrogen-bond donors (Lipinski definition) is 1. The smallest absolute Gasteiger partial charge is 0.219 e. The maximum atomic E-state index is 6.16. The summed E-state index contributed by atoms with van der Waals surface area (Å²) in [4.78, 5) is 4.45. The maximum Gasteiger partial charge on any atom is 0.219 e. The fraction of sp³-hybridized carbons (Fsp3) is 0.308. The number of aromatic nitrogens is 1. The van der Waals surface area contributed by atoms with Crippen LogP contribution in [0.1, 0.15) is 5.56 Å². The van der Waals surface area contributed by atoms with Crippen LogP contribution in [0.4, 0.5) is 5.69 Å². The van der Waals surface area contributed by atoms with Gasteiger partial charge in [0, 0.05) is 30.2 Å². The first-order chi connectivity index (χ1) is 8.27. The first kappa shape index (κ1) is 11.7. The van der Waals surface area contributed by atoms with Crippen molar-refractivity contribution in [1.82, 2.24) is 4.98 Å². The summed E-state index contributed by atoms with van der Waals surface area (Å²) >= 11 is 0. The SMILES string of the molecule is COCCc1c(OC)nc2ccccc2c1N. The number of pyridine rings is 1. The number of nitrogens with zero attached hydrogens (tertiary/aromatic N) is 1. The lowest BCUT2D eigenvalue weighted by molar-refractivity contribution is 0.201. The van der Waals surface area contributed by atoms with Gasteiger partial charge < -0.3 is 15.2 Å². The molecule has 0 spiro atoms. The minimum atomic E-state index is 0.582. The van der Waals surface area contributed by atoms with E-state index in [2.05, 4.69) is 4.98 Å². The molecule has 1 heterocycles. The van der Waals surface area contributed by atoms with Gasteiger partial charge in [0.25, 0.3) is 0 Å². The molecular formula is C13H16N2O2. The average Bonchev–Trinajstić information content (AvgIpc) is 2.37. The summed E-state index contributed by atoms with van der Waals surface area (Å²) in [5.41, 5.74) is 8.65. The highest BCUT2D eigenvalue weighted by Gasteiger charge is 2.12. The molecule has 2 aromatic rings. The lowest BCUT2D eigenvalue weighted by Crippen LogP contribution is -2.05. The first-order valence-corrected chi connectivity index (χ1v) is 5.48. The number of benzene rings is 1. The summed E-state index contributed by atoms with van der Waals surface area (Å²) in [7, 11) is 3.27. The van der Waals surface area contributed by atoms with Crippen molar-refractivity contribution in [2.24, 2.45) is 0 Å². The zero-order valence-electron chi connectivity index (χ0n) is 10.1. The fourth-order valence-electron chi connectivity index (χ4n) is 1.87. The standard InChI is InChI=1S/C13H16N2O2/c1-16-8-7-10-12(14)9-5-3-4-6-11(9)15-13(10)17-2/h3-6H,7-8H2,1-2H3,(H2,14,15). The second-order valence-electron chi connectivity index (χ2n) is 3.77. The van der Waals surface area contributed by atoms with Crippen LogP contribution in [-0.4, -0.2) is 25.8 Å². The molecule has 0 atom stereocenters. The van der Waals surface area contributed by atoms with Crippen molar-refractivity contribution in [2.45, 2.75) is 6.42 Å². The molecule has 0 aliphatic rings. The molecule has 4 nitrogen and oxygen atoms in total. The van der Waals surface area contributed by atoms with Crippen molar-refractivity contribution in [3.05, 3.63) is 29.8 Å². The van der Waals surface area contributed by atoms with E-state index in [0.717, 1.165) is 22.2 Å². The molecule has 1 aromatic carbocycles. The molecule has 0 aliphatic heterocycles. The molecule has 17 heavy (non-hydrogen) atoms. The van der Waals surface area contributed by atoms with Crippen molar-refractivity contribution in [2.75, 3.05) is 26.6 Å². The molecule has 0 aliphatic carbocycles. The summed E-state index contributed by atoms with van der Waals surface area (Å²) in [6.45, 7) is 0.598. The van der Waals surface area contributed by atoms with E-state index < -0.39 is 0 Å². The van der Waals surface area contributed by atoms with E-state index in [0.29, 0.717) is 18.9 Å². The van der Waals surface area contributed by atoms with Crippen LogP contribution in [0.5, 0.6) is 5.88 Å². The van der Waals surface area contributed by atoms with Gasteiger partial charge in [-0.2, -0.15) is 0 Å². The van der Waals surface area contributed by atoms with Gasteiger partial charge in [-0.15, -0.1) is 0 Å². The van der Waals surface area contributed by atoms with Gasteiger partial charge in [0.2, 0.25) is 5.88 Å². The third-order valence-electron chi connectivity index (χ3n) is 2.75. The van der Waals surface area contributed by atoms with Crippen molar-refractivity contribution in [1.29, 1.82) is 0 Å². The molecule has 0 bridgehead atoms. The quantitative estimate of drug-likeness (QED) is 0.876. The van der Waals surface area contributed by atoms with Gasteiger partial charge in [0.1, 0.15) is 0 Å². The Kier molecular flexibility index (Phi) is 3.44. The van der Waals surface area contributed by atoms with Crippen molar-refractivity contribution in [3.8, 4) is 5.88 Å². The van der Waals surface area contributed by atoms with Gasteiger partial charge in [0.05, 0.1) is 19.2 Å². The van der Waals surface area contributed by atoms with Crippen LogP contribution >= 0.6 is 0 Å². The highest BCUT2D eigenvalue weighted by molar-refractivity contribution is 5.92.